The molecule has 4 aromatic rings. The summed E-state index contributed by atoms with van der Waals surface area (Å²) < 4.78 is 16.9. The van der Waals surface area contributed by atoms with Crippen LogP contribution in [0, 0.1) is 5.82 Å². The highest BCUT2D eigenvalue weighted by atomic mass is 32.2. The Bertz CT molecular complexity index is 1430. The first-order valence-corrected chi connectivity index (χ1v) is 11.7. The molecule has 2 amide bonds. The molecule has 0 aliphatic carbocycles. The summed E-state index contributed by atoms with van der Waals surface area (Å²) in [6, 6.07) is 12.9. The van der Waals surface area contributed by atoms with Gasteiger partial charge in [-0.3, -0.25) is 23.4 Å². The maximum absolute atomic E-state index is 13.8. The number of benzene rings is 2. The minimum Gasteiger partial charge on any atom is -0.354 e. The van der Waals surface area contributed by atoms with Crippen LogP contribution in [0.25, 0.3) is 16.7 Å². The van der Waals surface area contributed by atoms with Gasteiger partial charge in [-0.2, -0.15) is 0 Å². The Labute approximate surface area is 198 Å². The quantitative estimate of drug-likeness (QED) is 0.374. The lowest BCUT2D eigenvalue weighted by Crippen LogP contribution is -2.32. The molecule has 2 N–H and O–H groups in total. The van der Waals surface area contributed by atoms with Crippen LogP contribution in [0.5, 0.6) is 0 Å². The number of nitrogens with one attached hydrogen (secondary N) is 2. The molecule has 0 unspecified atom stereocenters. The topological polar surface area (TPSA) is 110 Å². The molecule has 4 rings (SSSR count). The minimum atomic E-state index is -0.523. The first-order valence-electron chi connectivity index (χ1n) is 10.7. The Morgan fingerprint density at radius 1 is 1.06 bits per heavy atom. The molecule has 176 valence electrons. The van der Waals surface area contributed by atoms with Crippen LogP contribution >= 0.6 is 11.8 Å². The van der Waals surface area contributed by atoms with Crippen LogP contribution in [0.2, 0.25) is 0 Å². The smallest absolute Gasteiger partial charge is 0.262 e. The van der Waals surface area contributed by atoms with E-state index in [4.69, 9.17) is 0 Å². The number of rotatable bonds is 8. The van der Waals surface area contributed by atoms with Crippen LogP contribution in [-0.4, -0.2) is 42.8 Å². The standard InChI is InChI=1S/C23H23FN6O3S/c1-14(2)25-19(31)11-12-29-21(33)15-7-3-6-10-18(15)30-22(29)27-28-23(30)34-13-20(32)26-17-9-5-4-8-16(17)24/h3-10,14H,11-13H2,1-2H3,(H,25,31)(H,26,32). The molecule has 0 fully saturated rings. The molecule has 2 aromatic carbocycles. The molecular formula is C23H23FN6O3S. The van der Waals surface area contributed by atoms with Gasteiger partial charge >= 0.3 is 0 Å². The third kappa shape index (κ3) is 4.93. The summed E-state index contributed by atoms with van der Waals surface area (Å²) in [5.41, 5.74) is 0.409. The second-order valence-corrected chi connectivity index (χ2v) is 8.82. The van der Waals surface area contributed by atoms with Crippen molar-refractivity contribution in [3.8, 4) is 0 Å². The average Bonchev–Trinajstić information content (AvgIpc) is 3.23. The van der Waals surface area contributed by atoms with Gasteiger partial charge in [0.25, 0.3) is 5.56 Å². The number of anilines is 1. The number of carbonyl (C=O) groups excluding carboxylic acids is 2. The summed E-state index contributed by atoms with van der Waals surface area (Å²) in [7, 11) is 0. The van der Waals surface area contributed by atoms with E-state index in [-0.39, 0.29) is 47.7 Å². The number of para-hydroxylation sites is 2. The lowest BCUT2D eigenvalue weighted by Gasteiger charge is -2.12. The number of hydrogen-bond acceptors (Lipinski definition) is 6. The third-order valence-electron chi connectivity index (χ3n) is 4.97. The highest BCUT2D eigenvalue weighted by molar-refractivity contribution is 7.99. The van der Waals surface area contributed by atoms with E-state index >= 15 is 0 Å². The molecule has 0 bridgehead atoms. The van der Waals surface area contributed by atoms with Crippen LogP contribution in [0.3, 0.4) is 0 Å². The van der Waals surface area contributed by atoms with Gasteiger partial charge < -0.3 is 10.6 Å². The van der Waals surface area contributed by atoms with Gasteiger partial charge in [0.05, 0.1) is 22.3 Å². The second-order valence-electron chi connectivity index (χ2n) is 7.88. The Balaban J connectivity index is 1.63. The van der Waals surface area contributed by atoms with Crippen molar-refractivity contribution in [2.45, 2.75) is 38.0 Å². The minimum absolute atomic E-state index is 0.00699. The molecule has 0 saturated carbocycles. The molecule has 0 aliphatic rings. The van der Waals surface area contributed by atoms with E-state index < -0.39 is 11.7 Å². The van der Waals surface area contributed by atoms with Crippen LogP contribution in [0.15, 0.2) is 58.5 Å². The maximum Gasteiger partial charge on any atom is 0.262 e. The molecule has 0 atom stereocenters. The molecule has 0 spiro atoms. The molecule has 0 saturated heterocycles. The lowest BCUT2D eigenvalue weighted by atomic mass is 10.2. The van der Waals surface area contributed by atoms with Gasteiger partial charge in [-0.15, -0.1) is 10.2 Å². The van der Waals surface area contributed by atoms with E-state index in [0.717, 1.165) is 11.8 Å². The third-order valence-corrected chi connectivity index (χ3v) is 5.90. The van der Waals surface area contributed by atoms with Crippen molar-refractivity contribution in [3.63, 3.8) is 0 Å². The number of halogens is 1. The number of fused-ring (bicyclic) bond motifs is 3. The van der Waals surface area contributed by atoms with E-state index in [1.54, 1.807) is 40.8 Å². The van der Waals surface area contributed by atoms with Crippen molar-refractivity contribution in [2.75, 3.05) is 11.1 Å². The van der Waals surface area contributed by atoms with Crippen molar-refractivity contribution in [1.29, 1.82) is 0 Å². The van der Waals surface area contributed by atoms with Crippen molar-refractivity contribution in [1.82, 2.24) is 24.5 Å². The zero-order chi connectivity index (χ0) is 24.2. The van der Waals surface area contributed by atoms with Crippen molar-refractivity contribution in [3.05, 3.63) is 64.7 Å². The van der Waals surface area contributed by atoms with Crippen LogP contribution in [0.4, 0.5) is 10.1 Å². The summed E-state index contributed by atoms with van der Waals surface area (Å²) in [4.78, 5) is 37.7. The number of aromatic nitrogens is 4. The summed E-state index contributed by atoms with van der Waals surface area (Å²) >= 11 is 1.11. The highest BCUT2D eigenvalue weighted by Gasteiger charge is 2.18. The van der Waals surface area contributed by atoms with Crippen molar-refractivity contribution in [2.24, 2.45) is 0 Å². The Hall–Kier alpha value is -3.73. The normalized spacial score (nSPS) is 11.3. The molecule has 2 aromatic heterocycles. The Morgan fingerprint density at radius 3 is 2.56 bits per heavy atom. The monoisotopic (exact) mass is 482 g/mol. The van der Waals surface area contributed by atoms with Gasteiger partial charge in [0, 0.05) is 19.0 Å². The van der Waals surface area contributed by atoms with Gasteiger partial charge in [-0.05, 0) is 38.1 Å². The number of nitrogens with zero attached hydrogens (tertiary/aromatic N) is 4. The molecule has 34 heavy (non-hydrogen) atoms. The fourth-order valence-electron chi connectivity index (χ4n) is 3.52. The SMILES string of the molecule is CC(C)NC(=O)CCn1c(=O)c2ccccc2n2c(SCC(=O)Nc3ccccc3F)nnc12. The maximum atomic E-state index is 13.8. The fraction of sp³-hybridized carbons (Fsp3) is 0.261. The lowest BCUT2D eigenvalue weighted by molar-refractivity contribution is -0.121. The summed E-state index contributed by atoms with van der Waals surface area (Å²) in [5, 5.41) is 14.5. The summed E-state index contributed by atoms with van der Waals surface area (Å²) in [6.45, 7) is 3.85. The molecule has 0 aliphatic heterocycles. The highest BCUT2D eigenvalue weighted by Crippen LogP contribution is 2.22. The van der Waals surface area contributed by atoms with E-state index in [0.29, 0.717) is 16.1 Å². The molecule has 0 radical (unpaired) electrons. The van der Waals surface area contributed by atoms with Crippen LogP contribution in [-0.2, 0) is 16.1 Å². The fourth-order valence-corrected chi connectivity index (χ4v) is 4.26. The Morgan fingerprint density at radius 2 is 1.79 bits per heavy atom. The van der Waals surface area contributed by atoms with Gasteiger partial charge in [0.2, 0.25) is 17.6 Å². The number of aryl methyl sites for hydroxylation is 1. The second kappa shape index (κ2) is 10.0. The van der Waals surface area contributed by atoms with E-state index in [9.17, 15) is 18.8 Å². The summed E-state index contributed by atoms with van der Waals surface area (Å²) in [6.07, 6.45) is 0.104. The van der Waals surface area contributed by atoms with E-state index in [1.807, 2.05) is 13.8 Å². The van der Waals surface area contributed by atoms with Gasteiger partial charge in [-0.1, -0.05) is 36.0 Å². The summed E-state index contributed by atoms with van der Waals surface area (Å²) in [5.74, 6) is -0.871. The molecule has 2 heterocycles. The van der Waals surface area contributed by atoms with Crippen LogP contribution < -0.4 is 16.2 Å². The molecule has 11 heteroatoms. The first kappa shape index (κ1) is 23.4. The number of hydrogen-bond donors (Lipinski definition) is 2. The van der Waals surface area contributed by atoms with Gasteiger partial charge in [0.1, 0.15) is 5.82 Å². The van der Waals surface area contributed by atoms with Gasteiger partial charge in [0.15, 0.2) is 5.16 Å². The zero-order valence-electron chi connectivity index (χ0n) is 18.6. The predicted molar refractivity (Wildman–Crippen MR) is 128 cm³/mol. The number of carbonyl (C=O) groups is 2. The molecule has 9 nitrogen and oxygen atoms in total. The average molecular weight is 483 g/mol. The Kier molecular flexibility index (Phi) is 6.92. The van der Waals surface area contributed by atoms with Gasteiger partial charge in [-0.25, -0.2) is 4.39 Å². The van der Waals surface area contributed by atoms with E-state index in [1.165, 1.54) is 16.7 Å². The molecular weight excluding hydrogens is 459 g/mol. The number of amides is 2. The predicted octanol–water partition coefficient (Wildman–Crippen LogP) is 2.83. The van der Waals surface area contributed by atoms with E-state index in [2.05, 4.69) is 20.8 Å². The van der Waals surface area contributed by atoms with Crippen LogP contribution in [0.1, 0.15) is 20.3 Å². The van der Waals surface area contributed by atoms with Crippen molar-refractivity contribution < 1.29 is 14.0 Å². The largest absolute Gasteiger partial charge is 0.354 e. The first-order chi connectivity index (χ1) is 16.3. The number of thioether (sulfide) groups is 1. The zero-order valence-corrected chi connectivity index (χ0v) is 19.4. The van der Waals surface area contributed by atoms with Crippen molar-refractivity contribution >= 4 is 45.9 Å².